The van der Waals surface area contributed by atoms with Crippen molar-refractivity contribution in [2.75, 3.05) is 13.1 Å². The first-order chi connectivity index (χ1) is 11.3. The third kappa shape index (κ3) is 3.15. The molecule has 3 nitrogen and oxygen atoms in total. The molecule has 0 bridgehead atoms. The molecular weight excluding hydrogens is 286 g/mol. The number of aliphatic hydroxyl groups excluding tert-OH is 1. The highest BCUT2D eigenvalue weighted by Crippen LogP contribution is 2.33. The van der Waals surface area contributed by atoms with E-state index < -0.39 is 0 Å². The standard InChI is InChI=1S/C20H23NO2/c1-2-15-5-3-4-6-19(15)16-7-8-20(18(11-16)13-22)17-9-10-21(12-17)14-23/h3-8,11,14,17,22H,2,9-10,12-13H2,1H3. The predicted molar refractivity (Wildman–Crippen MR) is 92.2 cm³/mol. The summed E-state index contributed by atoms with van der Waals surface area (Å²) in [5.74, 6) is 0.331. The van der Waals surface area contributed by atoms with Crippen molar-refractivity contribution in [1.29, 1.82) is 0 Å². The summed E-state index contributed by atoms with van der Waals surface area (Å²) >= 11 is 0. The number of aliphatic hydroxyl groups is 1. The predicted octanol–water partition coefficient (Wildman–Crippen LogP) is 3.35. The Morgan fingerprint density at radius 2 is 2.04 bits per heavy atom. The second-order valence-electron chi connectivity index (χ2n) is 6.17. The van der Waals surface area contributed by atoms with E-state index in [1.165, 1.54) is 16.7 Å². The fourth-order valence-corrected chi connectivity index (χ4v) is 3.56. The van der Waals surface area contributed by atoms with Crippen molar-refractivity contribution in [3.05, 3.63) is 59.2 Å². The molecule has 1 atom stereocenters. The summed E-state index contributed by atoms with van der Waals surface area (Å²) in [6.45, 7) is 3.75. The molecule has 1 N–H and O–H groups in total. The molecule has 0 aromatic heterocycles. The van der Waals surface area contributed by atoms with Gasteiger partial charge in [0.15, 0.2) is 0 Å². The van der Waals surface area contributed by atoms with Gasteiger partial charge in [0, 0.05) is 19.0 Å². The van der Waals surface area contributed by atoms with E-state index in [1.807, 2.05) is 4.90 Å². The van der Waals surface area contributed by atoms with Crippen LogP contribution in [-0.4, -0.2) is 29.5 Å². The minimum atomic E-state index is 0.0368. The minimum absolute atomic E-state index is 0.0368. The van der Waals surface area contributed by atoms with Gasteiger partial charge in [-0.15, -0.1) is 0 Å². The highest BCUT2D eigenvalue weighted by Gasteiger charge is 2.24. The molecule has 1 heterocycles. The van der Waals surface area contributed by atoms with E-state index in [0.717, 1.165) is 43.5 Å². The number of benzene rings is 2. The number of hydrogen-bond acceptors (Lipinski definition) is 2. The van der Waals surface area contributed by atoms with Crippen LogP contribution in [-0.2, 0) is 17.8 Å². The maximum Gasteiger partial charge on any atom is 0.209 e. The van der Waals surface area contributed by atoms with E-state index in [-0.39, 0.29) is 6.61 Å². The number of carbonyl (C=O) groups excluding carboxylic acids is 1. The van der Waals surface area contributed by atoms with Crippen LogP contribution >= 0.6 is 0 Å². The molecule has 1 fully saturated rings. The van der Waals surface area contributed by atoms with Gasteiger partial charge in [-0.1, -0.05) is 43.3 Å². The van der Waals surface area contributed by atoms with E-state index in [4.69, 9.17) is 0 Å². The molecular formula is C20H23NO2. The second kappa shape index (κ2) is 6.97. The molecule has 1 amide bonds. The highest BCUT2D eigenvalue weighted by atomic mass is 16.3. The molecule has 0 spiro atoms. The lowest BCUT2D eigenvalue weighted by molar-refractivity contribution is -0.117. The molecule has 23 heavy (non-hydrogen) atoms. The monoisotopic (exact) mass is 309 g/mol. The van der Waals surface area contributed by atoms with E-state index in [2.05, 4.69) is 49.4 Å². The summed E-state index contributed by atoms with van der Waals surface area (Å²) in [4.78, 5) is 12.7. The van der Waals surface area contributed by atoms with Crippen molar-refractivity contribution >= 4 is 6.41 Å². The molecule has 1 saturated heterocycles. The van der Waals surface area contributed by atoms with Gasteiger partial charge in [-0.25, -0.2) is 0 Å². The van der Waals surface area contributed by atoms with Gasteiger partial charge in [0.2, 0.25) is 6.41 Å². The fourth-order valence-electron chi connectivity index (χ4n) is 3.56. The van der Waals surface area contributed by atoms with Crippen LogP contribution in [0.25, 0.3) is 11.1 Å². The van der Waals surface area contributed by atoms with Gasteiger partial charge in [0.25, 0.3) is 0 Å². The summed E-state index contributed by atoms with van der Waals surface area (Å²) in [7, 11) is 0. The maximum absolute atomic E-state index is 10.9. The topological polar surface area (TPSA) is 40.5 Å². The van der Waals surface area contributed by atoms with Crippen LogP contribution in [0.4, 0.5) is 0 Å². The molecule has 2 aromatic rings. The minimum Gasteiger partial charge on any atom is -0.392 e. The largest absolute Gasteiger partial charge is 0.392 e. The first-order valence-corrected chi connectivity index (χ1v) is 8.28. The van der Waals surface area contributed by atoms with Gasteiger partial charge >= 0.3 is 0 Å². The van der Waals surface area contributed by atoms with Gasteiger partial charge < -0.3 is 10.0 Å². The quantitative estimate of drug-likeness (QED) is 0.860. The second-order valence-corrected chi connectivity index (χ2v) is 6.17. The number of likely N-dealkylation sites (tertiary alicyclic amines) is 1. The third-order valence-electron chi connectivity index (χ3n) is 4.83. The lowest BCUT2D eigenvalue weighted by Crippen LogP contribution is -2.17. The summed E-state index contributed by atoms with van der Waals surface area (Å²) in [5.41, 5.74) is 5.86. The molecule has 0 radical (unpaired) electrons. The summed E-state index contributed by atoms with van der Waals surface area (Å²) < 4.78 is 0. The maximum atomic E-state index is 10.9. The van der Waals surface area contributed by atoms with E-state index in [0.29, 0.717) is 5.92 Å². The lowest BCUT2D eigenvalue weighted by Gasteiger charge is -2.17. The average molecular weight is 309 g/mol. The molecule has 1 unspecified atom stereocenters. The third-order valence-corrected chi connectivity index (χ3v) is 4.83. The zero-order chi connectivity index (χ0) is 16.2. The van der Waals surface area contributed by atoms with Gasteiger partial charge in [0.05, 0.1) is 6.61 Å². The van der Waals surface area contributed by atoms with Gasteiger partial charge in [-0.2, -0.15) is 0 Å². The summed E-state index contributed by atoms with van der Waals surface area (Å²) in [6.07, 6.45) is 2.88. The molecule has 0 saturated carbocycles. The highest BCUT2D eigenvalue weighted by molar-refractivity contribution is 5.68. The fraction of sp³-hybridized carbons (Fsp3) is 0.350. The van der Waals surface area contributed by atoms with Crippen LogP contribution in [0.15, 0.2) is 42.5 Å². The van der Waals surface area contributed by atoms with Crippen molar-refractivity contribution in [3.63, 3.8) is 0 Å². The van der Waals surface area contributed by atoms with Crippen LogP contribution in [0, 0.1) is 0 Å². The van der Waals surface area contributed by atoms with Crippen LogP contribution in [0.5, 0.6) is 0 Å². The van der Waals surface area contributed by atoms with Crippen LogP contribution in [0.2, 0.25) is 0 Å². The number of nitrogens with zero attached hydrogens (tertiary/aromatic N) is 1. The Kier molecular flexibility index (Phi) is 4.77. The van der Waals surface area contributed by atoms with E-state index in [9.17, 15) is 9.90 Å². The Labute approximate surface area is 137 Å². The van der Waals surface area contributed by atoms with Crippen molar-refractivity contribution in [2.24, 2.45) is 0 Å². The number of carbonyl (C=O) groups is 1. The first-order valence-electron chi connectivity index (χ1n) is 8.28. The Hall–Kier alpha value is -2.13. The molecule has 1 aliphatic heterocycles. The summed E-state index contributed by atoms with van der Waals surface area (Å²) in [5, 5.41) is 9.82. The molecule has 3 rings (SSSR count). The number of hydrogen-bond donors (Lipinski definition) is 1. The Morgan fingerprint density at radius 1 is 1.22 bits per heavy atom. The number of amides is 1. The van der Waals surface area contributed by atoms with Crippen LogP contribution < -0.4 is 0 Å². The van der Waals surface area contributed by atoms with Crippen molar-refractivity contribution in [1.82, 2.24) is 4.90 Å². The Morgan fingerprint density at radius 3 is 2.74 bits per heavy atom. The smallest absolute Gasteiger partial charge is 0.209 e. The number of rotatable bonds is 5. The SMILES string of the molecule is CCc1ccccc1-c1ccc(C2CCN(C=O)C2)c(CO)c1. The molecule has 2 aromatic carbocycles. The first kappa shape index (κ1) is 15.8. The number of aryl methyl sites for hydroxylation is 1. The molecule has 0 aliphatic carbocycles. The normalized spacial score (nSPS) is 17.5. The average Bonchev–Trinajstić information content (AvgIpc) is 3.10. The Balaban J connectivity index is 1.95. The Bertz CT molecular complexity index is 696. The van der Waals surface area contributed by atoms with Crippen LogP contribution in [0.3, 0.4) is 0 Å². The van der Waals surface area contributed by atoms with E-state index in [1.54, 1.807) is 0 Å². The van der Waals surface area contributed by atoms with Gasteiger partial charge in [-0.05, 0) is 46.7 Å². The molecule has 1 aliphatic rings. The molecule has 120 valence electrons. The van der Waals surface area contributed by atoms with Crippen molar-refractivity contribution in [2.45, 2.75) is 32.3 Å². The van der Waals surface area contributed by atoms with Crippen LogP contribution in [0.1, 0.15) is 36.0 Å². The zero-order valence-electron chi connectivity index (χ0n) is 13.5. The lowest BCUT2D eigenvalue weighted by atomic mass is 9.89. The van der Waals surface area contributed by atoms with Gasteiger partial charge in [-0.3, -0.25) is 4.79 Å². The van der Waals surface area contributed by atoms with E-state index >= 15 is 0 Å². The molecule has 3 heteroatoms. The van der Waals surface area contributed by atoms with Crippen molar-refractivity contribution < 1.29 is 9.90 Å². The zero-order valence-corrected chi connectivity index (χ0v) is 13.5. The summed E-state index contributed by atoms with van der Waals surface area (Å²) in [6, 6.07) is 14.8. The van der Waals surface area contributed by atoms with Gasteiger partial charge in [0.1, 0.15) is 0 Å². The van der Waals surface area contributed by atoms with Crippen molar-refractivity contribution in [3.8, 4) is 11.1 Å².